The van der Waals surface area contributed by atoms with Crippen LogP contribution in [0.5, 0.6) is 0 Å². The standard InChI is InChI=1S/C15H24N2S/c1-4-6-13-11-17(12(2)10-16-13)14-7-5-8-15(9-14)18-3/h5,7-9,12-13,16H,4,6,10-11H2,1-3H3. The summed E-state index contributed by atoms with van der Waals surface area (Å²) in [5.41, 5.74) is 1.37. The summed E-state index contributed by atoms with van der Waals surface area (Å²) in [6.45, 7) is 6.79. The first kappa shape index (κ1) is 13.8. The number of rotatable bonds is 4. The number of thioether (sulfide) groups is 1. The highest BCUT2D eigenvalue weighted by molar-refractivity contribution is 7.98. The van der Waals surface area contributed by atoms with Crippen LogP contribution in [0.2, 0.25) is 0 Å². The van der Waals surface area contributed by atoms with E-state index < -0.39 is 0 Å². The molecule has 2 atom stereocenters. The maximum atomic E-state index is 3.65. The van der Waals surface area contributed by atoms with Gasteiger partial charge in [-0.2, -0.15) is 0 Å². The summed E-state index contributed by atoms with van der Waals surface area (Å²) >= 11 is 1.82. The van der Waals surface area contributed by atoms with Crippen molar-refractivity contribution >= 4 is 17.4 Å². The van der Waals surface area contributed by atoms with Gasteiger partial charge in [-0.1, -0.05) is 19.4 Å². The molecular weight excluding hydrogens is 240 g/mol. The van der Waals surface area contributed by atoms with Crippen LogP contribution in [0.3, 0.4) is 0 Å². The van der Waals surface area contributed by atoms with Crippen LogP contribution in [0.25, 0.3) is 0 Å². The number of hydrogen-bond acceptors (Lipinski definition) is 3. The third kappa shape index (κ3) is 3.21. The Morgan fingerprint density at radius 1 is 1.44 bits per heavy atom. The van der Waals surface area contributed by atoms with Crippen molar-refractivity contribution in [3.8, 4) is 0 Å². The summed E-state index contributed by atoms with van der Waals surface area (Å²) < 4.78 is 0. The topological polar surface area (TPSA) is 15.3 Å². The quantitative estimate of drug-likeness (QED) is 0.839. The van der Waals surface area contributed by atoms with E-state index in [4.69, 9.17) is 0 Å². The van der Waals surface area contributed by atoms with Gasteiger partial charge in [0, 0.05) is 35.8 Å². The molecule has 1 fully saturated rings. The highest BCUT2D eigenvalue weighted by Gasteiger charge is 2.24. The molecule has 1 N–H and O–H groups in total. The fourth-order valence-corrected chi connectivity index (χ4v) is 3.07. The van der Waals surface area contributed by atoms with Crippen molar-refractivity contribution in [2.24, 2.45) is 0 Å². The molecule has 18 heavy (non-hydrogen) atoms. The molecule has 0 bridgehead atoms. The molecule has 2 rings (SSSR count). The second kappa shape index (κ2) is 6.48. The largest absolute Gasteiger partial charge is 0.366 e. The van der Waals surface area contributed by atoms with Gasteiger partial charge in [0.25, 0.3) is 0 Å². The molecule has 0 amide bonds. The number of piperazine rings is 1. The van der Waals surface area contributed by atoms with E-state index in [2.05, 4.69) is 54.6 Å². The van der Waals surface area contributed by atoms with Crippen molar-refractivity contribution < 1.29 is 0 Å². The molecule has 2 nitrogen and oxygen atoms in total. The monoisotopic (exact) mass is 264 g/mol. The average Bonchev–Trinajstić information content (AvgIpc) is 2.41. The summed E-state index contributed by atoms with van der Waals surface area (Å²) in [5, 5.41) is 3.65. The van der Waals surface area contributed by atoms with Crippen LogP contribution in [0.15, 0.2) is 29.2 Å². The first-order chi connectivity index (χ1) is 8.74. The van der Waals surface area contributed by atoms with E-state index in [0.29, 0.717) is 12.1 Å². The normalized spacial score (nSPS) is 24.3. The molecular formula is C15H24N2S. The number of hydrogen-bond donors (Lipinski definition) is 1. The van der Waals surface area contributed by atoms with Crippen molar-refractivity contribution in [3.05, 3.63) is 24.3 Å². The Bertz CT molecular complexity index is 381. The minimum absolute atomic E-state index is 0.579. The number of nitrogens with zero attached hydrogens (tertiary/aromatic N) is 1. The van der Waals surface area contributed by atoms with Crippen molar-refractivity contribution in [1.29, 1.82) is 0 Å². The first-order valence-electron chi connectivity index (χ1n) is 6.88. The Balaban J connectivity index is 2.13. The van der Waals surface area contributed by atoms with Crippen molar-refractivity contribution in [1.82, 2.24) is 5.32 Å². The van der Waals surface area contributed by atoms with Crippen molar-refractivity contribution in [3.63, 3.8) is 0 Å². The van der Waals surface area contributed by atoms with Gasteiger partial charge in [-0.3, -0.25) is 0 Å². The lowest BCUT2D eigenvalue weighted by atomic mass is 10.1. The summed E-state index contributed by atoms with van der Waals surface area (Å²) in [6.07, 6.45) is 4.66. The molecule has 1 heterocycles. The van der Waals surface area contributed by atoms with Crippen LogP contribution in [0.1, 0.15) is 26.7 Å². The SMILES string of the molecule is CCCC1CN(c2cccc(SC)c2)C(C)CN1. The molecule has 1 aromatic carbocycles. The van der Waals surface area contributed by atoms with Gasteiger partial charge in [-0.05, 0) is 37.8 Å². The van der Waals surface area contributed by atoms with Gasteiger partial charge < -0.3 is 10.2 Å². The van der Waals surface area contributed by atoms with Gasteiger partial charge >= 0.3 is 0 Å². The van der Waals surface area contributed by atoms with Crippen molar-refractivity contribution in [2.75, 3.05) is 24.2 Å². The van der Waals surface area contributed by atoms with Crippen LogP contribution in [-0.4, -0.2) is 31.4 Å². The van der Waals surface area contributed by atoms with Crippen LogP contribution in [0.4, 0.5) is 5.69 Å². The molecule has 1 aliphatic heterocycles. The molecule has 0 aliphatic carbocycles. The summed E-state index contributed by atoms with van der Waals surface area (Å²) in [6, 6.07) is 10.1. The van der Waals surface area contributed by atoms with Gasteiger partial charge in [0.2, 0.25) is 0 Å². The molecule has 1 aliphatic rings. The third-order valence-electron chi connectivity index (χ3n) is 3.67. The lowest BCUT2D eigenvalue weighted by Gasteiger charge is -2.40. The van der Waals surface area contributed by atoms with Crippen LogP contribution < -0.4 is 10.2 Å². The zero-order valence-corrected chi connectivity index (χ0v) is 12.5. The maximum absolute atomic E-state index is 3.65. The molecule has 0 aromatic heterocycles. The van der Waals surface area contributed by atoms with E-state index in [0.717, 1.165) is 13.1 Å². The zero-order chi connectivity index (χ0) is 13.0. The molecule has 0 radical (unpaired) electrons. The van der Waals surface area contributed by atoms with E-state index in [-0.39, 0.29) is 0 Å². The Morgan fingerprint density at radius 3 is 3.00 bits per heavy atom. The Kier molecular flexibility index (Phi) is 4.95. The predicted molar refractivity (Wildman–Crippen MR) is 81.7 cm³/mol. The molecule has 1 aromatic rings. The second-order valence-corrected chi connectivity index (χ2v) is 5.98. The molecule has 100 valence electrons. The van der Waals surface area contributed by atoms with E-state index in [1.54, 1.807) is 0 Å². The average molecular weight is 264 g/mol. The number of nitrogens with one attached hydrogen (secondary N) is 1. The molecule has 3 heteroatoms. The summed E-state index contributed by atoms with van der Waals surface area (Å²) in [5.74, 6) is 0. The van der Waals surface area contributed by atoms with E-state index in [1.807, 2.05) is 11.8 Å². The molecule has 2 unspecified atom stereocenters. The fourth-order valence-electron chi connectivity index (χ4n) is 2.62. The number of anilines is 1. The number of benzene rings is 1. The van der Waals surface area contributed by atoms with Gasteiger partial charge in [0.1, 0.15) is 0 Å². The first-order valence-corrected chi connectivity index (χ1v) is 8.11. The molecule has 0 spiro atoms. The minimum atomic E-state index is 0.579. The lowest BCUT2D eigenvalue weighted by molar-refractivity contribution is 0.386. The highest BCUT2D eigenvalue weighted by Crippen LogP contribution is 2.25. The smallest absolute Gasteiger partial charge is 0.0387 e. The minimum Gasteiger partial charge on any atom is -0.366 e. The van der Waals surface area contributed by atoms with Gasteiger partial charge in [-0.25, -0.2) is 0 Å². The Labute approximate surface area is 115 Å². The fraction of sp³-hybridized carbons (Fsp3) is 0.600. The van der Waals surface area contributed by atoms with Crippen LogP contribution in [-0.2, 0) is 0 Å². The van der Waals surface area contributed by atoms with Gasteiger partial charge in [0.05, 0.1) is 0 Å². The summed E-state index contributed by atoms with van der Waals surface area (Å²) in [7, 11) is 0. The highest BCUT2D eigenvalue weighted by atomic mass is 32.2. The van der Waals surface area contributed by atoms with Gasteiger partial charge in [-0.15, -0.1) is 11.8 Å². The van der Waals surface area contributed by atoms with Crippen LogP contribution in [0, 0.1) is 0 Å². The van der Waals surface area contributed by atoms with E-state index in [9.17, 15) is 0 Å². The Morgan fingerprint density at radius 2 is 2.28 bits per heavy atom. The Hall–Kier alpha value is -0.670. The van der Waals surface area contributed by atoms with Gasteiger partial charge in [0.15, 0.2) is 0 Å². The predicted octanol–water partition coefficient (Wildman–Crippen LogP) is 3.38. The lowest BCUT2D eigenvalue weighted by Crippen LogP contribution is -2.55. The van der Waals surface area contributed by atoms with E-state index >= 15 is 0 Å². The summed E-state index contributed by atoms with van der Waals surface area (Å²) in [4.78, 5) is 3.90. The second-order valence-electron chi connectivity index (χ2n) is 5.10. The van der Waals surface area contributed by atoms with E-state index in [1.165, 1.54) is 23.4 Å². The third-order valence-corrected chi connectivity index (χ3v) is 4.40. The maximum Gasteiger partial charge on any atom is 0.0387 e. The van der Waals surface area contributed by atoms with Crippen molar-refractivity contribution in [2.45, 2.75) is 43.7 Å². The molecule has 1 saturated heterocycles. The van der Waals surface area contributed by atoms with Crippen LogP contribution >= 0.6 is 11.8 Å². The molecule has 0 saturated carbocycles. The zero-order valence-electron chi connectivity index (χ0n) is 11.6.